The third-order valence-corrected chi connectivity index (χ3v) is 6.50. The number of aliphatic carboxylic acids is 1. The molecular formula is C19H18ClNO4S. The largest absolute Gasteiger partial charge is 0.478 e. The van der Waals surface area contributed by atoms with Crippen LogP contribution in [0.5, 0.6) is 0 Å². The second-order valence-corrected chi connectivity index (χ2v) is 8.53. The lowest BCUT2D eigenvalue weighted by Gasteiger charge is -2.34. The minimum absolute atomic E-state index is 0.0685. The highest BCUT2D eigenvalue weighted by Gasteiger charge is 2.36. The van der Waals surface area contributed by atoms with Gasteiger partial charge in [0.25, 0.3) is 0 Å². The van der Waals surface area contributed by atoms with Gasteiger partial charge in [0, 0.05) is 17.1 Å². The van der Waals surface area contributed by atoms with Gasteiger partial charge in [-0.05, 0) is 43.2 Å². The molecule has 7 heteroatoms. The Morgan fingerprint density at radius 3 is 2.50 bits per heavy atom. The summed E-state index contributed by atoms with van der Waals surface area (Å²) < 4.78 is 27.7. The van der Waals surface area contributed by atoms with Crippen molar-refractivity contribution in [1.82, 2.24) is 4.31 Å². The lowest BCUT2D eigenvalue weighted by Crippen LogP contribution is -2.39. The Labute approximate surface area is 157 Å². The Hall–Kier alpha value is -2.15. The van der Waals surface area contributed by atoms with Gasteiger partial charge in [0.1, 0.15) is 0 Å². The summed E-state index contributed by atoms with van der Waals surface area (Å²) in [5, 5.41) is 9.82. The van der Waals surface area contributed by atoms with Gasteiger partial charge in [-0.1, -0.05) is 47.5 Å². The maximum absolute atomic E-state index is 13.2. The monoisotopic (exact) mass is 391 g/mol. The molecule has 0 saturated heterocycles. The van der Waals surface area contributed by atoms with Gasteiger partial charge < -0.3 is 5.11 Å². The van der Waals surface area contributed by atoms with E-state index in [0.29, 0.717) is 5.02 Å². The van der Waals surface area contributed by atoms with Crippen LogP contribution in [0.3, 0.4) is 0 Å². The third kappa shape index (κ3) is 3.67. The fraction of sp³-hybridized carbons (Fsp3) is 0.211. The summed E-state index contributed by atoms with van der Waals surface area (Å²) in [6.45, 7) is 1.68. The predicted molar refractivity (Wildman–Crippen MR) is 99.6 cm³/mol. The van der Waals surface area contributed by atoms with Gasteiger partial charge in [-0.15, -0.1) is 0 Å². The number of nitrogens with zero attached hydrogens (tertiary/aromatic N) is 1. The average molecular weight is 392 g/mol. The molecule has 136 valence electrons. The summed E-state index contributed by atoms with van der Waals surface area (Å²) in [7, 11) is -3.87. The van der Waals surface area contributed by atoms with Crippen LogP contribution < -0.4 is 0 Å². The first-order valence-electron chi connectivity index (χ1n) is 8.05. The van der Waals surface area contributed by atoms with Crippen molar-refractivity contribution in [1.29, 1.82) is 0 Å². The third-order valence-electron chi connectivity index (χ3n) is 4.40. The highest BCUT2D eigenvalue weighted by atomic mass is 35.5. The number of aryl methyl sites for hydroxylation is 1. The van der Waals surface area contributed by atoms with Crippen molar-refractivity contribution in [3.8, 4) is 0 Å². The van der Waals surface area contributed by atoms with E-state index in [0.717, 1.165) is 11.1 Å². The molecule has 1 aliphatic rings. The van der Waals surface area contributed by atoms with Gasteiger partial charge in [-0.2, -0.15) is 4.31 Å². The zero-order valence-corrected chi connectivity index (χ0v) is 15.7. The van der Waals surface area contributed by atoms with Crippen molar-refractivity contribution in [3.63, 3.8) is 0 Å². The molecule has 1 atom stereocenters. The zero-order chi connectivity index (χ0) is 18.9. The maximum Gasteiger partial charge on any atom is 0.332 e. The molecule has 3 rings (SSSR count). The summed E-state index contributed by atoms with van der Waals surface area (Å²) in [5.41, 5.74) is 1.74. The number of carboxylic acid groups (broad SMARTS) is 1. The Bertz CT molecular complexity index is 967. The van der Waals surface area contributed by atoms with Gasteiger partial charge in [-0.3, -0.25) is 0 Å². The Kier molecular flexibility index (Phi) is 5.18. The molecule has 5 nitrogen and oxygen atoms in total. The number of hydrogen-bond donors (Lipinski definition) is 1. The first kappa shape index (κ1) is 18.6. The van der Waals surface area contributed by atoms with E-state index in [-0.39, 0.29) is 23.4 Å². The minimum atomic E-state index is -3.87. The molecule has 0 fully saturated rings. The van der Waals surface area contributed by atoms with Crippen molar-refractivity contribution in [2.75, 3.05) is 6.54 Å². The molecule has 1 unspecified atom stereocenters. The average Bonchev–Trinajstić information content (AvgIpc) is 2.61. The second-order valence-electron chi connectivity index (χ2n) is 6.20. The minimum Gasteiger partial charge on any atom is -0.478 e. The van der Waals surface area contributed by atoms with E-state index < -0.39 is 22.0 Å². The van der Waals surface area contributed by atoms with Gasteiger partial charge in [-0.25, -0.2) is 13.2 Å². The zero-order valence-electron chi connectivity index (χ0n) is 14.1. The lowest BCUT2D eigenvalue weighted by molar-refractivity contribution is -0.133. The number of carboxylic acids is 1. The highest BCUT2D eigenvalue weighted by molar-refractivity contribution is 7.89. The van der Waals surface area contributed by atoms with Crippen LogP contribution in [0.15, 0.2) is 65.1 Å². The van der Waals surface area contributed by atoms with Crippen LogP contribution in [0.2, 0.25) is 5.02 Å². The normalized spacial score (nSPS) is 18.4. The summed E-state index contributed by atoms with van der Waals surface area (Å²) in [5.74, 6) is -1.11. The SMILES string of the molecule is Cc1ccc(S(=O)(=O)N2CC(C(=O)O)=CCC2c2cccc(Cl)c2)cc1. The number of halogens is 1. The van der Waals surface area contributed by atoms with E-state index >= 15 is 0 Å². The van der Waals surface area contributed by atoms with Crippen molar-refractivity contribution >= 4 is 27.6 Å². The summed E-state index contributed by atoms with van der Waals surface area (Å²) in [6, 6.07) is 13.0. The molecule has 26 heavy (non-hydrogen) atoms. The first-order valence-corrected chi connectivity index (χ1v) is 9.87. The molecule has 1 heterocycles. The molecule has 1 aliphatic heterocycles. The van der Waals surface area contributed by atoms with Crippen molar-refractivity contribution in [2.45, 2.75) is 24.3 Å². The first-order chi connectivity index (χ1) is 12.3. The molecule has 0 saturated carbocycles. The lowest BCUT2D eigenvalue weighted by atomic mass is 9.98. The van der Waals surface area contributed by atoms with Crippen LogP contribution in [0.25, 0.3) is 0 Å². The Morgan fingerprint density at radius 1 is 1.19 bits per heavy atom. The standard InChI is InChI=1S/C19H18ClNO4S/c1-13-5-8-17(9-6-13)26(24,25)21-12-15(19(22)23)7-10-18(21)14-3-2-4-16(20)11-14/h2-9,11,18H,10,12H2,1H3,(H,22,23). The molecular weight excluding hydrogens is 374 g/mol. The van der Waals surface area contributed by atoms with Gasteiger partial charge >= 0.3 is 5.97 Å². The molecule has 0 aliphatic carbocycles. The van der Waals surface area contributed by atoms with Crippen LogP contribution in [0.1, 0.15) is 23.6 Å². The van der Waals surface area contributed by atoms with E-state index in [1.165, 1.54) is 4.31 Å². The molecule has 0 bridgehead atoms. The Morgan fingerprint density at radius 2 is 1.88 bits per heavy atom. The van der Waals surface area contributed by atoms with Crippen LogP contribution in [0.4, 0.5) is 0 Å². The molecule has 0 amide bonds. The topological polar surface area (TPSA) is 74.7 Å². The van der Waals surface area contributed by atoms with Crippen molar-refractivity contribution in [3.05, 3.63) is 76.3 Å². The number of sulfonamides is 1. The van der Waals surface area contributed by atoms with E-state index in [2.05, 4.69) is 0 Å². The molecule has 1 N–H and O–H groups in total. The van der Waals surface area contributed by atoms with Gasteiger partial charge in [0.2, 0.25) is 10.0 Å². The molecule has 2 aromatic rings. The molecule has 0 aromatic heterocycles. The van der Waals surface area contributed by atoms with E-state index in [1.54, 1.807) is 54.6 Å². The predicted octanol–water partition coefficient (Wildman–Crippen LogP) is 3.80. The molecule has 0 spiro atoms. The van der Waals surface area contributed by atoms with Crippen LogP contribution >= 0.6 is 11.6 Å². The number of benzene rings is 2. The van der Waals surface area contributed by atoms with E-state index in [1.807, 2.05) is 6.92 Å². The number of rotatable bonds is 4. The number of carbonyl (C=O) groups is 1. The van der Waals surface area contributed by atoms with Crippen LogP contribution in [-0.4, -0.2) is 30.3 Å². The quantitative estimate of drug-likeness (QED) is 0.860. The summed E-state index contributed by atoms with van der Waals surface area (Å²) in [4.78, 5) is 11.5. The van der Waals surface area contributed by atoms with Crippen LogP contribution in [0, 0.1) is 6.92 Å². The van der Waals surface area contributed by atoms with Gasteiger partial charge in [0.05, 0.1) is 10.9 Å². The van der Waals surface area contributed by atoms with E-state index in [4.69, 9.17) is 11.6 Å². The highest BCUT2D eigenvalue weighted by Crippen LogP contribution is 2.35. The van der Waals surface area contributed by atoms with Gasteiger partial charge in [0.15, 0.2) is 0 Å². The molecule has 0 radical (unpaired) electrons. The maximum atomic E-state index is 13.2. The van der Waals surface area contributed by atoms with Crippen molar-refractivity contribution in [2.24, 2.45) is 0 Å². The van der Waals surface area contributed by atoms with Crippen LogP contribution in [-0.2, 0) is 14.8 Å². The number of hydrogen-bond acceptors (Lipinski definition) is 3. The van der Waals surface area contributed by atoms with Crippen molar-refractivity contribution < 1.29 is 18.3 Å². The van der Waals surface area contributed by atoms with E-state index in [9.17, 15) is 18.3 Å². The smallest absolute Gasteiger partial charge is 0.332 e. The summed E-state index contributed by atoms with van der Waals surface area (Å²) in [6.07, 6.45) is 1.85. The fourth-order valence-electron chi connectivity index (χ4n) is 2.98. The fourth-order valence-corrected chi connectivity index (χ4v) is 4.78. The summed E-state index contributed by atoms with van der Waals surface area (Å²) >= 11 is 6.06. The Balaban J connectivity index is 2.08. The molecule has 2 aromatic carbocycles. The second kappa shape index (κ2) is 7.23.